The average Bonchev–Trinajstić information content (AvgIpc) is 2.13. The van der Waals surface area contributed by atoms with Crippen LogP contribution in [0.5, 0.6) is 5.75 Å². The lowest BCUT2D eigenvalue weighted by atomic mass is 10.0. The molecule has 1 rings (SSSR count). The van der Waals surface area contributed by atoms with Crippen LogP contribution in [0.1, 0.15) is 18.0 Å². The number of aromatic hydroxyl groups is 1. The van der Waals surface area contributed by atoms with Crippen molar-refractivity contribution < 1.29 is 14.6 Å². The summed E-state index contributed by atoms with van der Waals surface area (Å²) in [5, 5.41) is 17.8. The van der Waals surface area contributed by atoms with E-state index in [0.29, 0.717) is 4.47 Å². The normalized spacial score (nSPS) is 12.9. The number of nitrogens with two attached hydrogens (primary N) is 1. The molecule has 0 fully saturated rings. The SMILES string of the molecule is NC(CCO)c1c(Br)ccc(O)c1F. The summed E-state index contributed by atoms with van der Waals surface area (Å²) >= 11 is 3.14. The van der Waals surface area contributed by atoms with Crippen LogP contribution in [0, 0.1) is 5.82 Å². The number of phenols is 1. The molecule has 1 atom stereocenters. The summed E-state index contributed by atoms with van der Waals surface area (Å²) in [5.74, 6) is -1.17. The van der Waals surface area contributed by atoms with Crippen LogP contribution in [0.3, 0.4) is 0 Å². The van der Waals surface area contributed by atoms with Crippen LogP contribution in [-0.4, -0.2) is 16.8 Å². The molecule has 14 heavy (non-hydrogen) atoms. The molecule has 78 valence electrons. The molecular weight excluding hydrogens is 253 g/mol. The van der Waals surface area contributed by atoms with E-state index in [1.54, 1.807) is 0 Å². The summed E-state index contributed by atoms with van der Waals surface area (Å²) in [4.78, 5) is 0. The molecule has 0 bridgehead atoms. The molecule has 0 heterocycles. The van der Waals surface area contributed by atoms with Crippen LogP contribution in [-0.2, 0) is 0 Å². The Morgan fingerprint density at radius 2 is 2.14 bits per heavy atom. The molecule has 0 radical (unpaired) electrons. The van der Waals surface area contributed by atoms with E-state index >= 15 is 0 Å². The summed E-state index contributed by atoms with van der Waals surface area (Å²) in [6, 6.07) is 2.14. The van der Waals surface area contributed by atoms with E-state index < -0.39 is 17.6 Å². The molecule has 0 amide bonds. The minimum atomic E-state index is -0.736. The lowest BCUT2D eigenvalue weighted by Gasteiger charge is -2.14. The maximum atomic E-state index is 13.4. The first kappa shape index (κ1) is 11.4. The number of aliphatic hydroxyl groups is 1. The van der Waals surface area contributed by atoms with Gasteiger partial charge in [0.15, 0.2) is 11.6 Å². The van der Waals surface area contributed by atoms with Crippen molar-refractivity contribution in [3.8, 4) is 5.75 Å². The van der Waals surface area contributed by atoms with E-state index in [-0.39, 0.29) is 18.6 Å². The number of rotatable bonds is 3. The highest BCUT2D eigenvalue weighted by Crippen LogP contribution is 2.31. The Hall–Kier alpha value is -0.650. The molecule has 1 aromatic rings. The zero-order valence-corrected chi connectivity index (χ0v) is 8.96. The summed E-state index contributed by atoms with van der Waals surface area (Å²) in [6.45, 7) is -0.122. The van der Waals surface area contributed by atoms with E-state index in [1.165, 1.54) is 12.1 Å². The predicted molar refractivity (Wildman–Crippen MR) is 54.4 cm³/mol. The second-order valence-electron chi connectivity index (χ2n) is 2.91. The van der Waals surface area contributed by atoms with Crippen LogP contribution in [0.2, 0.25) is 0 Å². The van der Waals surface area contributed by atoms with Gasteiger partial charge < -0.3 is 15.9 Å². The van der Waals surface area contributed by atoms with Gasteiger partial charge in [-0.25, -0.2) is 4.39 Å². The van der Waals surface area contributed by atoms with E-state index in [2.05, 4.69) is 15.9 Å². The van der Waals surface area contributed by atoms with Crippen molar-refractivity contribution in [2.75, 3.05) is 6.61 Å². The number of phenolic OH excluding ortho intramolecular Hbond substituents is 1. The molecule has 0 spiro atoms. The third-order valence-corrected chi connectivity index (χ3v) is 2.61. The van der Waals surface area contributed by atoms with E-state index in [1.807, 2.05) is 0 Å². The zero-order valence-electron chi connectivity index (χ0n) is 7.37. The molecule has 0 saturated heterocycles. The van der Waals surface area contributed by atoms with Gasteiger partial charge in [0.25, 0.3) is 0 Å². The van der Waals surface area contributed by atoms with Gasteiger partial charge in [-0.3, -0.25) is 0 Å². The van der Waals surface area contributed by atoms with Gasteiger partial charge >= 0.3 is 0 Å². The number of hydrogen-bond donors (Lipinski definition) is 3. The number of hydrogen-bond acceptors (Lipinski definition) is 3. The van der Waals surface area contributed by atoms with Gasteiger partial charge in [-0.2, -0.15) is 0 Å². The predicted octanol–water partition coefficient (Wildman–Crippen LogP) is 1.68. The standard InChI is InChI=1S/C9H11BrFNO2/c10-5-1-2-7(14)9(11)8(5)6(12)3-4-13/h1-2,6,13-14H,3-4,12H2. The van der Waals surface area contributed by atoms with Crippen LogP contribution in [0.4, 0.5) is 4.39 Å². The minimum absolute atomic E-state index is 0.122. The number of halogens is 2. The maximum absolute atomic E-state index is 13.4. The van der Waals surface area contributed by atoms with Crippen molar-refractivity contribution in [2.45, 2.75) is 12.5 Å². The fraction of sp³-hybridized carbons (Fsp3) is 0.333. The van der Waals surface area contributed by atoms with E-state index in [9.17, 15) is 4.39 Å². The quantitative estimate of drug-likeness (QED) is 0.778. The van der Waals surface area contributed by atoms with Gasteiger partial charge in [-0.1, -0.05) is 15.9 Å². The fourth-order valence-electron chi connectivity index (χ4n) is 1.18. The number of benzene rings is 1. The Labute approximate surface area is 89.5 Å². The maximum Gasteiger partial charge on any atom is 0.170 e. The van der Waals surface area contributed by atoms with Crippen molar-refractivity contribution >= 4 is 15.9 Å². The molecular formula is C9H11BrFNO2. The molecule has 1 unspecified atom stereocenters. The molecule has 0 saturated carbocycles. The Kier molecular flexibility index (Phi) is 3.86. The first-order chi connectivity index (χ1) is 6.57. The minimum Gasteiger partial charge on any atom is -0.505 e. The highest BCUT2D eigenvalue weighted by atomic mass is 79.9. The van der Waals surface area contributed by atoms with Crippen molar-refractivity contribution in [3.05, 3.63) is 28.0 Å². The Morgan fingerprint density at radius 3 is 2.71 bits per heavy atom. The molecule has 5 heteroatoms. The third kappa shape index (κ3) is 2.23. The first-order valence-corrected chi connectivity index (χ1v) is 4.90. The highest BCUT2D eigenvalue weighted by molar-refractivity contribution is 9.10. The van der Waals surface area contributed by atoms with Crippen molar-refractivity contribution in [2.24, 2.45) is 5.73 Å². The van der Waals surface area contributed by atoms with Crippen LogP contribution in [0.15, 0.2) is 16.6 Å². The summed E-state index contributed by atoms with van der Waals surface area (Å²) in [5.41, 5.74) is 5.83. The van der Waals surface area contributed by atoms with Gasteiger partial charge in [0.1, 0.15) is 0 Å². The average molecular weight is 264 g/mol. The van der Waals surface area contributed by atoms with Gasteiger partial charge in [0.2, 0.25) is 0 Å². The van der Waals surface area contributed by atoms with Gasteiger partial charge in [0.05, 0.1) is 0 Å². The molecule has 3 nitrogen and oxygen atoms in total. The largest absolute Gasteiger partial charge is 0.505 e. The smallest absolute Gasteiger partial charge is 0.170 e. The second-order valence-corrected chi connectivity index (χ2v) is 3.77. The Bertz CT molecular complexity index is 333. The van der Waals surface area contributed by atoms with Crippen molar-refractivity contribution in [3.63, 3.8) is 0 Å². The van der Waals surface area contributed by atoms with E-state index in [0.717, 1.165) is 0 Å². The van der Waals surface area contributed by atoms with Crippen LogP contribution >= 0.6 is 15.9 Å². The summed E-state index contributed by atoms with van der Waals surface area (Å²) in [7, 11) is 0. The van der Waals surface area contributed by atoms with Gasteiger partial charge in [-0.15, -0.1) is 0 Å². The van der Waals surface area contributed by atoms with Crippen molar-refractivity contribution in [1.82, 2.24) is 0 Å². The lowest BCUT2D eigenvalue weighted by molar-refractivity contribution is 0.275. The monoisotopic (exact) mass is 263 g/mol. The Balaban J connectivity index is 3.11. The summed E-state index contributed by atoms with van der Waals surface area (Å²) < 4.78 is 13.9. The molecule has 0 aliphatic carbocycles. The van der Waals surface area contributed by atoms with Crippen LogP contribution in [0.25, 0.3) is 0 Å². The first-order valence-electron chi connectivity index (χ1n) is 4.11. The fourth-order valence-corrected chi connectivity index (χ4v) is 1.78. The van der Waals surface area contributed by atoms with E-state index in [4.69, 9.17) is 15.9 Å². The van der Waals surface area contributed by atoms with Gasteiger partial charge in [0, 0.05) is 22.7 Å². The molecule has 0 aromatic heterocycles. The lowest BCUT2D eigenvalue weighted by Crippen LogP contribution is -2.14. The summed E-state index contributed by atoms with van der Waals surface area (Å²) in [6.07, 6.45) is 0.249. The Morgan fingerprint density at radius 1 is 1.50 bits per heavy atom. The zero-order chi connectivity index (χ0) is 10.7. The highest BCUT2D eigenvalue weighted by Gasteiger charge is 2.17. The number of aliphatic hydroxyl groups excluding tert-OH is 1. The molecule has 0 aliphatic rings. The van der Waals surface area contributed by atoms with Crippen molar-refractivity contribution in [1.29, 1.82) is 0 Å². The van der Waals surface area contributed by atoms with Gasteiger partial charge in [-0.05, 0) is 18.6 Å². The molecule has 4 N–H and O–H groups in total. The topological polar surface area (TPSA) is 66.5 Å². The third-order valence-electron chi connectivity index (χ3n) is 1.92. The van der Waals surface area contributed by atoms with Crippen LogP contribution < -0.4 is 5.73 Å². The second kappa shape index (κ2) is 4.72. The molecule has 1 aromatic carbocycles. The molecule has 0 aliphatic heterocycles.